The summed E-state index contributed by atoms with van der Waals surface area (Å²) >= 11 is 1.27. The fourth-order valence-corrected chi connectivity index (χ4v) is 2.72. The van der Waals surface area contributed by atoms with Crippen molar-refractivity contribution in [3.05, 3.63) is 41.2 Å². The summed E-state index contributed by atoms with van der Waals surface area (Å²) in [4.78, 5) is 9.38. The van der Waals surface area contributed by atoms with Crippen LogP contribution in [0.1, 0.15) is 30.1 Å². The molecule has 2 N–H and O–H groups in total. The Kier molecular flexibility index (Phi) is 3.33. The maximum Gasteiger partial charge on any atom is 0.159 e. The normalized spacial score (nSPS) is 14.6. The van der Waals surface area contributed by atoms with E-state index in [1.54, 1.807) is 0 Å². The summed E-state index contributed by atoms with van der Waals surface area (Å²) in [5, 5.41) is 0.699. The van der Waals surface area contributed by atoms with Crippen LogP contribution in [0.4, 0.5) is 14.6 Å². The van der Waals surface area contributed by atoms with Gasteiger partial charge in [-0.25, -0.2) is 18.7 Å². The summed E-state index contributed by atoms with van der Waals surface area (Å²) < 4.78 is 26.2. The molecular weight excluding hydrogens is 280 g/mol. The van der Waals surface area contributed by atoms with Crippen LogP contribution in [0.25, 0.3) is 0 Å². The third kappa shape index (κ3) is 2.60. The lowest BCUT2D eigenvalue weighted by Gasteiger charge is -2.09. The van der Waals surface area contributed by atoms with Crippen molar-refractivity contribution >= 4 is 17.6 Å². The maximum atomic E-state index is 13.2. The van der Waals surface area contributed by atoms with E-state index in [1.165, 1.54) is 17.8 Å². The monoisotopic (exact) mass is 293 g/mol. The number of nitrogen functional groups attached to an aromatic ring is 1. The highest BCUT2D eigenvalue weighted by atomic mass is 32.2. The van der Waals surface area contributed by atoms with Crippen LogP contribution in [0.15, 0.2) is 28.1 Å². The molecule has 0 radical (unpaired) electrons. The first-order chi connectivity index (χ1) is 9.54. The quantitative estimate of drug-likeness (QED) is 0.877. The number of rotatable bonds is 3. The SMILES string of the molecule is Cc1c(N)nc(C2CC2)nc1Sc1ccc(F)c(F)c1. The van der Waals surface area contributed by atoms with Gasteiger partial charge >= 0.3 is 0 Å². The highest BCUT2D eigenvalue weighted by molar-refractivity contribution is 7.99. The third-order valence-corrected chi connectivity index (χ3v) is 4.28. The lowest BCUT2D eigenvalue weighted by atomic mass is 10.3. The average Bonchev–Trinajstić information content (AvgIpc) is 3.23. The van der Waals surface area contributed by atoms with Crippen LogP contribution in [-0.4, -0.2) is 9.97 Å². The van der Waals surface area contributed by atoms with Crippen molar-refractivity contribution in [2.75, 3.05) is 5.73 Å². The summed E-state index contributed by atoms with van der Waals surface area (Å²) in [6.45, 7) is 1.83. The van der Waals surface area contributed by atoms with Gasteiger partial charge < -0.3 is 5.73 Å². The van der Waals surface area contributed by atoms with Crippen molar-refractivity contribution in [2.45, 2.75) is 35.6 Å². The van der Waals surface area contributed by atoms with Crippen molar-refractivity contribution in [3.8, 4) is 0 Å². The molecule has 0 spiro atoms. The Hall–Kier alpha value is -1.69. The van der Waals surface area contributed by atoms with Crippen LogP contribution < -0.4 is 5.73 Å². The van der Waals surface area contributed by atoms with Gasteiger partial charge in [0, 0.05) is 16.4 Å². The summed E-state index contributed by atoms with van der Waals surface area (Å²) in [7, 11) is 0. The Bertz CT molecular complexity index is 672. The van der Waals surface area contributed by atoms with Crippen LogP contribution in [0.5, 0.6) is 0 Å². The van der Waals surface area contributed by atoms with Crippen molar-refractivity contribution in [1.29, 1.82) is 0 Å². The summed E-state index contributed by atoms with van der Waals surface area (Å²) in [5.74, 6) is -0.128. The molecule has 104 valence electrons. The standard InChI is InChI=1S/C14H13F2N3S/c1-7-12(17)18-13(8-2-3-8)19-14(7)20-9-4-5-10(15)11(16)6-9/h4-6,8H,2-3H2,1H3,(H2,17,18,19). The number of benzene rings is 1. The van der Waals surface area contributed by atoms with E-state index >= 15 is 0 Å². The zero-order valence-electron chi connectivity index (χ0n) is 10.9. The second-order valence-corrected chi connectivity index (χ2v) is 5.91. The highest BCUT2D eigenvalue weighted by Crippen LogP contribution is 2.40. The molecule has 1 aromatic heterocycles. The van der Waals surface area contributed by atoms with E-state index in [2.05, 4.69) is 9.97 Å². The first-order valence-electron chi connectivity index (χ1n) is 6.31. The maximum absolute atomic E-state index is 13.2. The van der Waals surface area contributed by atoms with E-state index in [4.69, 9.17) is 5.73 Å². The molecule has 0 amide bonds. The van der Waals surface area contributed by atoms with Gasteiger partial charge in [-0.15, -0.1) is 0 Å². The summed E-state index contributed by atoms with van der Waals surface area (Å²) in [6, 6.07) is 3.80. The van der Waals surface area contributed by atoms with E-state index in [1.807, 2.05) is 6.92 Å². The predicted molar refractivity (Wildman–Crippen MR) is 73.6 cm³/mol. The van der Waals surface area contributed by atoms with Crippen LogP contribution in [0, 0.1) is 18.6 Å². The summed E-state index contributed by atoms with van der Waals surface area (Å²) in [6.07, 6.45) is 2.16. The molecule has 1 aliphatic rings. The highest BCUT2D eigenvalue weighted by Gasteiger charge is 2.28. The summed E-state index contributed by atoms with van der Waals surface area (Å²) in [5.41, 5.74) is 6.66. The molecular formula is C14H13F2N3S. The number of nitrogens with zero attached hydrogens (tertiary/aromatic N) is 2. The van der Waals surface area contributed by atoms with E-state index in [9.17, 15) is 8.78 Å². The fraction of sp³-hybridized carbons (Fsp3) is 0.286. The molecule has 1 aromatic carbocycles. The van der Waals surface area contributed by atoms with Crippen LogP contribution in [-0.2, 0) is 0 Å². The van der Waals surface area contributed by atoms with Gasteiger partial charge in [-0.3, -0.25) is 0 Å². The van der Waals surface area contributed by atoms with E-state index in [0.717, 1.165) is 36.4 Å². The van der Waals surface area contributed by atoms with Gasteiger partial charge in [-0.2, -0.15) is 0 Å². The van der Waals surface area contributed by atoms with Crippen molar-refractivity contribution in [3.63, 3.8) is 0 Å². The van der Waals surface area contributed by atoms with Crippen LogP contribution >= 0.6 is 11.8 Å². The molecule has 6 heteroatoms. The minimum Gasteiger partial charge on any atom is -0.383 e. The number of aromatic nitrogens is 2. The predicted octanol–water partition coefficient (Wildman–Crippen LogP) is 3.67. The number of nitrogens with two attached hydrogens (primary N) is 1. The molecule has 0 atom stereocenters. The van der Waals surface area contributed by atoms with Crippen molar-refractivity contribution < 1.29 is 8.78 Å². The molecule has 1 heterocycles. The van der Waals surface area contributed by atoms with E-state index in [0.29, 0.717) is 21.7 Å². The van der Waals surface area contributed by atoms with E-state index < -0.39 is 11.6 Å². The Morgan fingerprint density at radius 2 is 1.95 bits per heavy atom. The smallest absolute Gasteiger partial charge is 0.159 e. The molecule has 3 nitrogen and oxygen atoms in total. The van der Waals surface area contributed by atoms with Gasteiger partial charge in [-0.1, -0.05) is 11.8 Å². The largest absolute Gasteiger partial charge is 0.383 e. The molecule has 1 saturated carbocycles. The molecule has 2 aromatic rings. The zero-order chi connectivity index (χ0) is 14.3. The first kappa shape index (κ1) is 13.3. The van der Waals surface area contributed by atoms with Gasteiger partial charge in [0.25, 0.3) is 0 Å². The Labute approximate surface area is 119 Å². The molecule has 3 rings (SSSR count). The first-order valence-corrected chi connectivity index (χ1v) is 7.13. The molecule has 1 aliphatic carbocycles. The van der Waals surface area contributed by atoms with E-state index in [-0.39, 0.29) is 0 Å². The van der Waals surface area contributed by atoms with Crippen molar-refractivity contribution in [2.24, 2.45) is 0 Å². The lowest BCUT2D eigenvalue weighted by Crippen LogP contribution is -2.03. The average molecular weight is 293 g/mol. The molecule has 20 heavy (non-hydrogen) atoms. The van der Waals surface area contributed by atoms with Gasteiger partial charge in [0.05, 0.1) is 0 Å². The number of hydrogen-bond acceptors (Lipinski definition) is 4. The van der Waals surface area contributed by atoms with Crippen LogP contribution in [0.3, 0.4) is 0 Å². The fourth-order valence-electron chi connectivity index (χ4n) is 1.81. The van der Waals surface area contributed by atoms with Crippen LogP contribution in [0.2, 0.25) is 0 Å². The number of hydrogen-bond donors (Lipinski definition) is 1. The zero-order valence-corrected chi connectivity index (χ0v) is 11.7. The topological polar surface area (TPSA) is 51.8 Å². The van der Waals surface area contributed by atoms with Gasteiger partial charge in [0.1, 0.15) is 16.7 Å². The van der Waals surface area contributed by atoms with Gasteiger partial charge in [0.2, 0.25) is 0 Å². The van der Waals surface area contributed by atoms with Crippen molar-refractivity contribution in [1.82, 2.24) is 9.97 Å². The lowest BCUT2D eigenvalue weighted by molar-refractivity contribution is 0.506. The Morgan fingerprint density at radius 3 is 2.60 bits per heavy atom. The minimum atomic E-state index is -0.864. The molecule has 0 unspecified atom stereocenters. The molecule has 0 aliphatic heterocycles. The second-order valence-electron chi connectivity index (χ2n) is 4.85. The molecule has 0 bridgehead atoms. The molecule has 1 fully saturated rings. The van der Waals surface area contributed by atoms with Gasteiger partial charge in [-0.05, 0) is 38.0 Å². The second kappa shape index (κ2) is 5.01. The van der Waals surface area contributed by atoms with Gasteiger partial charge in [0.15, 0.2) is 11.6 Å². The number of anilines is 1. The third-order valence-electron chi connectivity index (χ3n) is 3.20. The minimum absolute atomic E-state index is 0.391. The number of halogens is 2. The Balaban J connectivity index is 1.94. The molecule has 0 saturated heterocycles. The Morgan fingerprint density at radius 1 is 1.20 bits per heavy atom.